The second-order valence-electron chi connectivity index (χ2n) is 7.21. The summed E-state index contributed by atoms with van der Waals surface area (Å²) in [6.07, 6.45) is 6.47. The SMILES string of the molecule is C[C@H](C1CC1)N(C)C(=O)NCC(C)(C)N1CCCCC1. The molecule has 2 aliphatic rings. The number of rotatable bonds is 5. The van der Waals surface area contributed by atoms with Gasteiger partial charge < -0.3 is 10.2 Å². The third-order valence-electron chi connectivity index (χ3n) is 5.12. The van der Waals surface area contributed by atoms with E-state index in [-0.39, 0.29) is 11.6 Å². The fraction of sp³-hybridized carbons (Fsp3) is 0.938. The number of piperidine rings is 1. The van der Waals surface area contributed by atoms with Crippen molar-refractivity contribution < 1.29 is 4.79 Å². The summed E-state index contributed by atoms with van der Waals surface area (Å²) in [5.74, 6) is 0.723. The van der Waals surface area contributed by atoms with E-state index in [0.29, 0.717) is 6.04 Å². The lowest BCUT2D eigenvalue weighted by Crippen LogP contribution is -2.55. The van der Waals surface area contributed by atoms with Gasteiger partial charge in [0.05, 0.1) is 0 Å². The van der Waals surface area contributed by atoms with Gasteiger partial charge in [0.2, 0.25) is 0 Å². The Morgan fingerprint density at radius 1 is 1.30 bits per heavy atom. The maximum Gasteiger partial charge on any atom is 0.317 e. The van der Waals surface area contributed by atoms with Gasteiger partial charge in [0.25, 0.3) is 0 Å². The van der Waals surface area contributed by atoms with Crippen LogP contribution in [0, 0.1) is 5.92 Å². The van der Waals surface area contributed by atoms with Crippen LogP contribution in [0.4, 0.5) is 4.79 Å². The minimum absolute atomic E-state index is 0.0553. The van der Waals surface area contributed by atoms with E-state index in [4.69, 9.17) is 0 Å². The first-order chi connectivity index (χ1) is 9.42. The van der Waals surface area contributed by atoms with Crippen LogP contribution < -0.4 is 5.32 Å². The average molecular weight is 281 g/mol. The topological polar surface area (TPSA) is 35.6 Å². The molecule has 0 aromatic carbocycles. The number of carbonyl (C=O) groups excluding carboxylic acids is 1. The van der Waals surface area contributed by atoms with E-state index in [1.807, 2.05) is 11.9 Å². The lowest BCUT2D eigenvalue weighted by molar-refractivity contribution is 0.0934. The van der Waals surface area contributed by atoms with Gasteiger partial charge in [0.15, 0.2) is 0 Å². The highest BCUT2D eigenvalue weighted by Gasteiger charge is 2.33. The monoisotopic (exact) mass is 281 g/mol. The predicted octanol–water partition coefficient (Wildman–Crippen LogP) is 2.69. The molecule has 116 valence electrons. The third kappa shape index (κ3) is 3.87. The van der Waals surface area contributed by atoms with Crippen LogP contribution >= 0.6 is 0 Å². The number of urea groups is 1. The van der Waals surface area contributed by atoms with Gasteiger partial charge >= 0.3 is 6.03 Å². The molecule has 0 aromatic heterocycles. The molecular weight excluding hydrogens is 250 g/mol. The Morgan fingerprint density at radius 2 is 1.90 bits per heavy atom. The Bertz CT molecular complexity index is 333. The Labute approximate surface area is 123 Å². The van der Waals surface area contributed by atoms with Crippen LogP contribution in [0.1, 0.15) is 52.9 Å². The summed E-state index contributed by atoms with van der Waals surface area (Å²) in [6, 6.07) is 0.447. The molecule has 1 N–H and O–H groups in total. The average Bonchev–Trinajstić information content (AvgIpc) is 3.29. The maximum atomic E-state index is 12.2. The molecule has 4 nitrogen and oxygen atoms in total. The number of amides is 2. The van der Waals surface area contributed by atoms with Crippen molar-refractivity contribution in [2.24, 2.45) is 5.92 Å². The van der Waals surface area contributed by atoms with E-state index in [0.717, 1.165) is 25.6 Å². The fourth-order valence-corrected chi connectivity index (χ4v) is 3.11. The molecule has 0 radical (unpaired) electrons. The highest BCUT2D eigenvalue weighted by atomic mass is 16.2. The molecule has 2 rings (SSSR count). The lowest BCUT2D eigenvalue weighted by Gasteiger charge is -2.41. The van der Waals surface area contributed by atoms with Crippen LogP contribution in [0.5, 0.6) is 0 Å². The van der Waals surface area contributed by atoms with Crippen molar-refractivity contribution in [2.45, 2.75) is 64.5 Å². The normalized spacial score (nSPS) is 22.4. The Morgan fingerprint density at radius 3 is 2.45 bits per heavy atom. The summed E-state index contributed by atoms with van der Waals surface area (Å²) in [5.41, 5.74) is 0.0553. The lowest BCUT2D eigenvalue weighted by atomic mass is 9.98. The molecule has 0 unspecified atom stereocenters. The summed E-state index contributed by atoms with van der Waals surface area (Å²) < 4.78 is 0. The molecule has 1 heterocycles. The Kier molecular flexibility index (Phi) is 4.95. The van der Waals surface area contributed by atoms with Gasteiger partial charge in [-0.25, -0.2) is 4.79 Å². The van der Waals surface area contributed by atoms with E-state index in [9.17, 15) is 4.79 Å². The fourth-order valence-electron chi connectivity index (χ4n) is 3.11. The van der Waals surface area contributed by atoms with Gasteiger partial charge in [-0.05, 0) is 65.5 Å². The standard InChI is InChI=1S/C16H31N3O/c1-13(14-8-9-14)18(4)15(20)17-12-16(2,3)19-10-6-5-7-11-19/h13-14H,5-12H2,1-4H3,(H,17,20)/t13-/m1/s1. The van der Waals surface area contributed by atoms with E-state index >= 15 is 0 Å². The number of nitrogens with zero attached hydrogens (tertiary/aromatic N) is 2. The quantitative estimate of drug-likeness (QED) is 0.841. The number of hydrogen-bond acceptors (Lipinski definition) is 2. The molecule has 2 amide bonds. The van der Waals surface area contributed by atoms with E-state index in [1.54, 1.807) is 0 Å². The summed E-state index contributed by atoms with van der Waals surface area (Å²) in [6.45, 7) is 9.70. The molecule has 0 bridgehead atoms. The molecule has 0 aromatic rings. The minimum atomic E-state index is 0.0553. The van der Waals surface area contributed by atoms with Crippen molar-refractivity contribution in [1.82, 2.24) is 15.1 Å². The molecule has 1 saturated heterocycles. The van der Waals surface area contributed by atoms with Gasteiger partial charge in [0, 0.05) is 25.2 Å². The molecule has 20 heavy (non-hydrogen) atoms. The zero-order valence-electron chi connectivity index (χ0n) is 13.6. The molecule has 4 heteroatoms. The minimum Gasteiger partial charge on any atom is -0.336 e. The van der Waals surface area contributed by atoms with Gasteiger partial charge in [0.1, 0.15) is 0 Å². The third-order valence-corrected chi connectivity index (χ3v) is 5.12. The van der Waals surface area contributed by atoms with Crippen molar-refractivity contribution in [1.29, 1.82) is 0 Å². The highest BCUT2D eigenvalue weighted by molar-refractivity contribution is 5.74. The molecule has 0 spiro atoms. The number of likely N-dealkylation sites (tertiary alicyclic amines) is 1. The molecule has 2 fully saturated rings. The molecule has 1 saturated carbocycles. The summed E-state index contributed by atoms with van der Waals surface area (Å²) in [4.78, 5) is 16.6. The molecule has 1 aliphatic heterocycles. The largest absolute Gasteiger partial charge is 0.336 e. The summed E-state index contributed by atoms with van der Waals surface area (Å²) >= 11 is 0. The van der Waals surface area contributed by atoms with Crippen LogP contribution in [0.2, 0.25) is 0 Å². The van der Waals surface area contributed by atoms with Crippen LogP contribution in [0.3, 0.4) is 0 Å². The molecular formula is C16H31N3O. The van der Waals surface area contributed by atoms with Gasteiger partial charge in [-0.1, -0.05) is 6.42 Å². The van der Waals surface area contributed by atoms with Gasteiger partial charge in [-0.2, -0.15) is 0 Å². The predicted molar refractivity (Wildman–Crippen MR) is 82.9 cm³/mol. The molecule has 1 aliphatic carbocycles. The van der Waals surface area contributed by atoms with Crippen LogP contribution in [-0.2, 0) is 0 Å². The van der Waals surface area contributed by atoms with E-state index in [1.165, 1.54) is 32.1 Å². The number of carbonyl (C=O) groups is 1. The van der Waals surface area contributed by atoms with E-state index < -0.39 is 0 Å². The van der Waals surface area contributed by atoms with Gasteiger partial charge in [-0.3, -0.25) is 4.90 Å². The Hall–Kier alpha value is -0.770. The first kappa shape index (κ1) is 15.6. The Balaban J connectivity index is 1.78. The number of hydrogen-bond donors (Lipinski definition) is 1. The highest BCUT2D eigenvalue weighted by Crippen LogP contribution is 2.34. The summed E-state index contributed by atoms with van der Waals surface area (Å²) in [7, 11) is 1.92. The maximum absolute atomic E-state index is 12.2. The van der Waals surface area contributed by atoms with E-state index in [2.05, 4.69) is 31.0 Å². The number of nitrogens with one attached hydrogen (secondary N) is 1. The van der Waals surface area contributed by atoms with Gasteiger partial charge in [-0.15, -0.1) is 0 Å². The second kappa shape index (κ2) is 6.33. The van der Waals surface area contributed by atoms with Crippen molar-refractivity contribution in [3.8, 4) is 0 Å². The van der Waals surface area contributed by atoms with Crippen molar-refractivity contribution in [3.63, 3.8) is 0 Å². The smallest absolute Gasteiger partial charge is 0.317 e. The zero-order valence-corrected chi connectivity index (χ0v) is 13.6. The molecule has 1 atom stereocenters. The van der Waals surface area contributed by atoms with Crippen molar-refractivity contribution >= 4 is 6.03 Å². The van der Waals surface area contributed by atoms with Crippen molar-refractivity contribution in [2.75, 3.05) is 26.7 Å². The van der Waals surface area contributed by atoms with Crippen LogP contribution in [0.15, 0.2) is 0 Å². The van der Waals surface area contributed by atoms with Crippen LogP contribution in [-0.4, -0.2) is 54.1 Å². The zero-order chi connectivity index (χ0) is 14.8. The first-order valence-corrected chi connectivity index (χ1v) is 8.17. The summed E-state index contributed by atoms with van der Waals surface area (Å²) in [5, 5.41) is 3.13. The first-order valence-electron chi connectivity index (χ1n) is 8.17. The van der Waals surface area contributed by atoms with Crippen molar-refractivity contribution in [3.05, 3.63) is 0 Å². The van der Waals surface area contributed by atoms with Crippen LogP contribution in [0.25, 0.3) is 0 Å². The second-order valence-corrected chi connectivity index (χ2v) is 7.21.